The number of quaternary nitrogens is 1. The Bertz CT molecular complexity index is 337. The molecular formula is C14H22NO2+. The van der Waals surface area contributed by atoms with E-state index in [1.54, 1.807) is 0 Å². The quantitative estimate of drug-likeness (QED) is 0.746. The Balaban J connectivity index is 1.86. The van der Waals surface area contributed by atoms with Gasteiger partial charge in [-0.05, 0) is 5.56 Å². The zero-order chi connectivity index (χ0) is 12.3. The molecule has 1 saturated heterocycles. The van der Waals surface area contributed by atoms with E-state index in [9.17, 15) is 0 Å². The van der Waals surface area contributed by atoms with Gasteiger partial charge in [0, 0.05) is 0 Å². The van der Waals surface area contributed by atoms with Crippen molar-refractivity contribution in [1.29, 1.82) is 0 Å². The van der Waals surface area contributed by atoms with Gasteiger partial charge in [0.25, 0.3) is 0 Å². The van der Waals surface area contributed by atoms with Crippen molar-refractivity contribution >= 4 is 0 Å². The summed E-state index contributed by atoms with van der Waals surface area (Å²) in [5, 5.41) is 0. The van der Waals surface area contributed by atoms with Gasteiger partial charge in [-0.25, -0.2) is 0 Å². The Kier molecular flexibility index (Phi) is 3.82. The molecular weight excluding hydrogens is 214 g/mol. The lowest BCUT2D eigenvalue weighted by molar-refractivity contribution is -0.874. The first-order valence-electron chi connectivity index (χ1n) is 6.13. The molecule has 0 saturated carbocycles. The first kappa shape index (κ1) is 12.6. The summed E-state index contributed by atoms with van der Waals surface area (Å²) in [5.74, 6) is 0. The highest BCUT2D eigenvalue weighted by Crippen LogP contribution is 2.23. The predicted octanol–water partition coefficient (Wildman–Crippen LogP) is 1.85. The highest BCUT2D eigenvalue weighted by atomic mass is 16.6. The van der Waals surface area contributed by atoms with E-state index >= 15 is 0 Å². The first-order valence-corrected chi connectivity index (χ1v) is 6.13. The van der Waals surface area contributed by atoms with Crippen molar-refractivity contribution in [2.75, 3.05) is 40.9 Å². The summed E-state index contributed by atoms with van der Waals surface area (Å²) in [4.78, 5) is 0. The van der Waals surface area contributed by atoms with Gasteiger partial charge in [0.2, 0.25) is 0 Å². The Hall–Kier alpha value is -0.900. The molecule has 94 valence electrons. The van der Waals surface area contributed by atoms with Crippen LogP contribution in [-0.2, 0) is 9.47 Å². The predicted molar refractivity (Wildman–Crippen MR) is 67.8 cm³/mol. The molecule has 1 aliphatic rings. The summed E-state index contributed by atoms with van der Waals surface area (Å²) >= 11 is 0. The van der Waals surface area contributed by atoms with Gasteiger partial charge in [-0.3, -0.25) is 0 Å². The monoisotopic (exact) mass is 236 g/mol. The van der Waals surface area contributed by atoms with Gasteiger partial charge in [-0.1, -0.05) is 30.3 Å². The SMILES string of the molecule is C[N+](C)(C)C[C@@H]1CO[C@H](c2ccccc2)CO1. The van der Waals surface area contributed by atoms with Crippen molar-refractivity contribution in [1.82, 2.24) is 0 Å². The van der Waals surface area contributed by atoms with Crippen molar-refractivity contribution in [3.8, 4) is 0 Å². The number of ether oxygens (including phenoxy) is 2. The second-order valence-corrected chi connectivity index (χ2v) is 5.66. The third-order valence-electron chi connectivity index (χ3n) is 2.89. The summed E-state index contributed by atoms with van der Waals surface area (Å²) in [6, 6.07) is 10.3. The summed E-state index contributed by atoms with van der Waals surface area (Å²) < 4.78 is 12.7. The van der Waals surface area contributed by atoms with Crippen LogP contribution in [0.15, 0.2) is 30.3 Å². The molecule has 0 amide bonds. The normalized spacial score (nSPS) is 25.8. The minimum atomic E-state index is 0.0971. The zero-order valence-electron chi connectivity index (χ0n) is 10.9. The molecule has 17 heavy (non-hydrogen) atoms. The number of hydrogen-bond donors (Lipinski definition) is 0. The maximum Gasteiger partial charge on any atom is 0.130 e. The van der Waals surface area contributed by atoms with Gasteiger partial charge in [0.15, 0.2) is 0 Å². The molecule has 0 radical (unpaired) electrons. The Morgan fingerprint density at radius 2 is 1.76 bits per heavy atom. The fourth-order valence-corrected chi connectivity index (χ4v) is 2.12. The van der Waals surface area contributed by atoms with E-state index in [1.165, 1.54) is 5.56 Å². The highest BCUT2D eigenvalue weighted by Gasteiger charge is 2.27. The molecule has 0 N–H and O–H groups in total. The van der Waals surface area contributed by atoms with E-state index in [4.69, 9.17) is 9.47 Å². The van der Waals surface area contributed by atoms with Gasteiger partial charge >= 0.3 is 0 Å². The van der Waals surface area contributed by atoms with E-state index in [0.29, 0.717) is 13.2 Å². The molecule has 1 aromatic rings. The lowest BCUT2D eigenvalue weighted by atomic mass is 10.1. The van der Waals surface area contributed by atoms with Gasteiger partial charge in [0.1, 0.15) is 18.8 Å². The maximum atomic E-state index is 5.89. The summed E-state index contributed by atoms with van der Waals surface area (Å²) in [6.07, 6.45) is 0.315. The van der Waals surface area contributed by atoms with E-state index in [0.717, 1.165) is 11.0 Å². The van der Waals surface area contributed by atoms with Crippen molar-refractivity contribution < 1.29 is 14.0 Å². The molecule has 0 aliphatic carbocycles. The van der Waals surface area contributed by atoms with Crippen LogP contribution in [0.5, 0.6) is 0 Å². The lowest BCUT2D eigenvalue weighted by Crippen LogP contribution is -2.46. The third-order valence-corrected chi connectivity index (χ3v) is 2.89. The standard InChI is InChI=1S/C14H22NO2/c1-15(2,3)9-13-10-17-14(11-16-13)12-7-5-4-6-8-12/h4-8,13-14H,9-11H2,1-3H3/q+1/t13-,14+/m1/s1. The second-order valence-electron chi connectivity index (χ2n) is 5.66. The molecule has 2 atom stereocenters. The van der Waals surface area contributed by atoms with Gasteiger partial charge < -0.3 is 14.0 Å². The molecule has 2 rings (SSSR count). The molecule has 1 aliphatic heterocycles. The van der Waals surface area contributed by atoms with E-state index in [1.807, 2.05) is 18.2 Å². The number of rotatable bonds is 3. The molecule has 1 fully saturated rings. The Labute approximate surface area is 104 Å². The van der Waals surface area contributed by atoms with Crippen molar-refractivity contribution in [2.24, 2.45) is 0 Å². The van der Waals surface area contributed by atoms with Gasteiger partial charge in [-0.2, -0.15) is 0 Å². The summed E-state index contributed by atoms with van der Waals surface area (Å²) in [6.45, 7) is 2.34. The molecule has 3 nitrogen and oxygen atoms in total. The van der Waals surface area contributed by atoms with Crippen LogP contribution in [0.3, 0.4) is 0 Å². The van der Waals surface area contributed by atoms with Crippen LogP contribution in [0.25, 0.3) is 0 Å². The summed E-state index contributed by atoms with van der Waals surface area (Å²) in [7, 11) is 6.52. The second kappa shape index (κ2) is 5.17. The highest BCUT2D eigenvalue weighted by molar-refractivity contribution is 5.17. The van der Waals surface area contributed by atoms with Crippen molar-refractivity contribution in [3.63, 3.8) is 0 Å². The fraction of sp³-hybridized carbons (Fsp3) is 0.571. The van der Waals surface area contributed by atoms with E-state index in [-0.39, 0.29) is 12.2 Å². The minimum absolute atomic E-state index is 0.0971. The molecule has 3 heteroatoms. The maximum absolute atomic E-state index is 5.89. The van der Waals surface area contributed by atoms with Crippen LogP contribution in [0.1, 0.15) is 11.7 Å². The van der Waals surface area contributed by atoms with Crippen LogP contribution in [0.2, 0.25) is 0 Å². The van der Waals surface area contributed by atoms with Crippen LogP contribution in [0, 0.1) is 0 Å². The number of benzene rings is 1. The van der Waals surface area contributed by atoms with Crippen LogP contribution in [-0.4, -0.2) is 51.5 Å². The summed E-state index contributed by atoms with van der Waals surface area (Å²) in [5.41, 5.74) is 1.20. The molecule has 1 aromatic carbocycles. The van der Waals surface area contributed by atoms with Crippen molar-refractivity contribution in [2.45, 2.75) is 12.2 Å². The molecule has 0 bridgehead atoms. The average Bonchev–Trinajstić information content (AvgIpc) is 2.29. The number of likely N-dealkylation sites (N-methyl/N-ethyl adjacent to an activating group) is 1. The first-order chi connectivity index (χ1) is 8.04. The third kappa shape index (κ3) is 3.80. The largest absolute Gasteiger partial charge is 0.368 e. The van der Waals surface area contributed by atoms with Gasteiger partial charge in [-0.15, -0.1) is 0 Å². The topological polar surface area (TPSA) is 18.5 Å². The Morgan fingerprint density at radius 1 is 1.06 bits per heavy atom. The minimum Gasteiger partial charge on any atom is -0.368 e. The molecule has 0 unspecified atom stereocenters. The van der Waals surface area contributed by atoms with Crippen molar-refractivity contribution in [3.05, 3.63) is 35.9 Å². The molecule has 0 aromatic heterocycles. The smallest absolute Gasteiger partial charge is 0.130 e. The van der Waals surface area contributed by atoms with Crippen LogP contribution < -0.4 is 0 Å². The zero-order valence-corrected chi connectivity index (χ0v) is 10.9. The van der Waals surface area contributed by atoms with Crippen LogP contribution >= 0.6 is 0 Å². The molecule has 1 heterocycles. The van der Waals surface area contributed by atoms with Crippen LogP contribution in [0.4, 0.5) is 0 Å². The lowest BCUT2D eigenvalue weighted by Gasteiger charge is -2.34. The van der Waals surface area contributed by atoms with E-state index < -0.39 is 0 Å². The molecule has 0 spiro atoms. The van der Waals surface area contributed by atoms with Gasteiger partial charge in [0.05, 0.1) is 34.4 Å². The van der Waals surface area contributed by atoms with E-state index in [2.05, 4.69) is 33.3 Å². The number of hydrogen-bond acceptors (Lipinski definition) is 2. The number of nitrogens with zero attached hydrogens (tertiary/aromatic N) is 1. The fourth-order valence-electron chi connectivity index (χ4n) is 2.12. The Morgan fingerprint density at radius 3 is 2.29 bits per heavy atom. The average molecular weight is 236 g/mol.